The van der Waals surface area contributed by atoms with Gasteiger partial charge in [0, 0.05) is 73.1 Å². The zero-order valence-electron chi connectivity index (χ0n) is 32.0. The van der Waals surface area contributed by atoms with Crippen LogP contribution in [0.3, 0.4) is 0 Å². The molecule has 0 bridgehead atoms. The van der Waals surface area contributed by atoms with Crippen LogP contribution in [0.25, 0.3) is 22.0 Å². The van der Waals surface area contributed by atoms with Crippen molar-refractivity contribution in [1.29, 1.82) is 0 Å². The third-order valence-electron chi connectivity index (χ3n) is 10.2. The highest BCUT2D eigenvalue weighted by atomic mass is 35.5. The summed E-state index contributed by atoms with van der Waals surface area (Å²) in [5.74, 6) is -1.84. The minimum absolute atomic E-state index is 0.0550. The van der Waals surface area contributed by atoms with Gasteiger partial charge in [0.2, 0.25) is 23.6 Å². The lowest BCUT2D eigenvalue weighted by Crippen LogP contribution is -2.57. The third-order valence-corrected chi connectivity index (χ3v) is 11.8. The summed E-state index contributed by atoms with van der Waals surface area (Å²) in [6.07, 6.45) is 7.00. The molecule has 0 unspecified atom stereocenters. The van der Waals surface area contributed by atoms with Crippen molar-refractivity contribution in [1.82, 2.24) is 35.8 Å². The van der Waals surface area contributed by atoms with E-state index in [9.17, 15) is 19.2 Å². The molecule has 0 aliphatic carbocycles. The lowest BCUT2D eigenvalue weighted by atomic mass is 10.0. The van der Waals surface area contributed by atoms with E-state index in [1.165, 1.54) is 16.7 Å². The zero-order chi connectivity index (χ0) is 40.5. The van der Waals surface area contributed by atoms with Gasteiger partial charge in [-0.2, -0.15) is 0 Å². The first-order valence-corrected chi connectivity index (χ1v) is 20.2. The number of unbranched alkanes of at least 4 members (excludes halogenated alkanes) is 1. The number of pyridine rings is 2. The number of likely N-dealkylation sites (N-methyl/N-ethyl adjacent to an activating group) is 1. The van der Waals surface area contributed by atoms with Crippen molar-refractivity contribution in [2.75, 3.05) is 13.6 Å². The van der Waals surface area contributed by atoms with Gasteiger partial charge in [-0.05, 0) is 103 Å². The Morgan fingerprint density at radius 3 is 2.54 bits per heavy atom. The molecule has 2 aromatic carbocycles. The number of carbonyl (C=O) groups is 4. The molecule has 4 heterocycles. The molecule has 13 nitrogen and oxygen atoms in total. The SMILES string of the molecule is Cc1cc(-c2cc(Cl)c3c(c2)CNC(=O)[C@H](Cc2c[nH]c4ccccc24)N(C)C(=O)[C@H](CCCCN)NC(=O)[C@H](CCC(N)=O)NCc2cccnc2S3)ccn1. The number of benzene rings is 2. The van der Waals surface area contributed by atoms with E-state index in [0.717, 1.165) is 44.4 Å². The number of para-hydroxylation sites is 1. The van der Waals surface area contributed by atoms with Crippen LogP contribution in [0, 0.1) is 6.92 Å². The second-order valence-electron chi connectivity index (χ2n) is 14.2. The van der Waals surface area contributed by atoms with Gasteiger partial charge >= 0.3 is 0 Å². The first-order chi connectivity index (χ1) is 27.5. The van der Waals surface area contributed by atoms with E-state index in [1.807, 2.05) is 67.7 Å². The number of aryl methyl sites for hydroxylation is 1. The van der Waals surface area contributed by atoms with Crippen molar-refractivity contribution in [3.8, 4) is 11.1 Å². The van der Waals surface area contributed by atoms with Crippen molar-refractivity contribution in [2.45, 2.75) is 86.6 Å². The Morgan fingerprint density at radius 1 is 0.930 bits per heavy atom. The van der Waals surface area contributed by atoms with Gasteiger partial charge in [0.1, 0.15) is 17.1 Å². The second kappa shape index (κ2) is 19.2. The topological polar surface area (TPSA) is 201 Å². The highest BCUT2D eigenvalue weighted by Crippen LogP contribution is 2.40. The third kappa shape index (κ3) is 10.4. The summed E-state index contributed by atoms with van der Waals surface area (Å²) in [4.78, 5) is 69.5. The monoisotopic (exact) mass is 809 g/mol. The smallest absolute Gasteiger partial charge is 0.245 e. The van der Waals surface area contributed by atoms with Crippen LogP contribution in [-0.4, -0.2) is 75.2 Å². The lowest BCUT2D eigenvalue weighted by molar-refractivity contribution is -0.142. The first kappa shape index (κ1) is 41.4. The molecule has 4 amide bonds. The minimum atomic E-state index is -0.976. The fourth-order valence-corrected chi connectivity index (χ4v) is 8.37. The molecule has 0 spiro atoms. The fraction of sp³-hybridized carbons (Fsp3) is 0.333. The molecule has 0 fully saturated rings. The molecular weight excluding hydrogens is 762 g/mol. The van der Waals surface area contributed by atoms with Crippen molar-refractivity contribution in [2.24, 2.45) is 11.5 Å². The highest BCUT2D eigenvalue weighted by Gasteiger charge is 2.34. The van der Waals surface area contributed by atoms with E-state index in [2.05, 4.69) is 30.9 Å². The Bertz CT molecular complexity index is 2250. The number of H-pyrrole nitrogens is 1. The van der Waals surface area contributed by atoms with Crippen LogP contribution in [0.15, 0.2) is 89.2 Å². The van der Waals surface area contributed by atoms with E-state index >= 15 is 0 Å². The summed E-state index contributed by atoms with van der Waals surface area (Å²) in [5, 5.41) is 11.4. The largest absolute Gasteiger partial charge is 0.370 e. The van der Waals surface area contributed by atoms with Gasteiger partial charge in [-0.1, -0.05) is 47.6 Å². The number of primary amides is 1. The van der Waals surface area contributed by atoms with Gasteiger partial charge in [-0.3, -0.25) is 24.2 Å². The highest BCUT2D eigenvalue weighted by molar-refractivity contribution is 7.99. The zero-order valence-corrected chi connectivity index (χ0v) is 33.6. The Labute approximate surface area is 341 Å². The number of aromatic amines is 1. The van der Waals surface area contributed by atoms with Crippen LogP contribution in [0.1, 0.15) is 54.5 Å². The van der Waals surface area contributed by atoms with E-state index in [0.29, 0.717) is 40.8 Å². The number of nitrogens with one attached hydrogen (secondary N) is 4. The van der Waals surface area contributed by atoms with Crippen LogP contribution in [0.5, 0.6) is 0 Å². The molecule has 1 aliphatic heterocycles. The van der Waals surface area contributed by atoms with E-state index in [-0.39, 0.29) is 38.3 Å². The van der Waals surface area contributed by atoms with E-state index < -0.39 is 35.8 Å². The van der Waals surface area contributed by atoms with E-state index in [4.69, 9.17) is 23.1 Å². The summed E-state index contributed by atoms with van der Waals surface area (Å²) in [7, 11) is 1.59. The average molecular weight is 810 g/mol. The summed E-state index contributed by atoms with van der Waals surface area (Å²) in [6.45, 7) is 2.64. The van der Waals surface area contributed by atoms with Gasteiger partial charge in [0.25, 0.3) is 0 Å². The first-order valence-electron chi connectivity index (χ1n) is 19.0. The lowest BCUT2D eigenvalue weighted by Gasteiger charge is -2.32. The molecule has 3 aromatic heterocycles. The predicted octanol–water partition coefficient (Wildman–Crippen LogP) is 4.77. The molecular formula is C42H48ClN9O4S. The van der Waals surface area contributed by atoms with Gasteiger partial charge in [-0.25, -0.2) is 4.98 Å². The predicted molar refractivity (Wildman–Crippen MR) is 222 cm³/mol. The molecule has 8 N–H and O–H groups in total. The molecule has 298 valence electrons. The number of hydrogen-bond acceptors (Lipinski definition) is 9. The van der Waals surface area contributed by atoms with Crippen LogP contribution in [0.2, 0.25) is 5.02 Å². The number of aromatic nitrogens is 3. The van der Waals surface area contributed by atoms with E-state index in [1.54, 1.807) is 25.5 Å². The van der Waals surface area contributed by atoms with Crippen LogP contribution < -0.4 is 27.4 Å². The Balaban J connectivity index is 1.45. The number of nitrogens with zero attached hydrogens (tertiary/aromatic N) is 3. The summed E-state index contributed by atoms with van der Waals surface area (Å²) in [6, 6.07) is 16.4. The molecule has 5 aromatic rings. The molecule has 0 saturated heterocycles. The molecule has 15 heteroatoms. The van der Waals surface area contributed by atoms with Crippen molar-refractivity contribution in [3.05, 3.63) is 107 Å². The standard InChI is InChI=1S/C42H48ClN9O4S/c1-25-18-26(14-17-46-25)28-19-30-24-50-40(55)36(21-29-23-48-33-10-4-3-9-31(29)33)52(2)42(56)35(11-5-6-15-44)51-39(54)34(12-13-37(45)53)49-22-27-8-7-16-47-41(27)57-38(30)32(43)20-28/h3-4,7-10,14,16-20,23,34-36,48-49H,5-6,11-13,15,21-22,24,44H2,1-2H3,(H2,45,53)(H,50,55)(H,51,54)/t34-,35-,36-/m0/s1. The molecule has 0 saturated carbocycles. The maximum absolute atomic E-state index is 14.6. The van der Waals surface area contributed by atoms with Crippen molar-refractivity contribution >= 4 is 57.9 Å². The number of fused-ring (bicyclic) bond motifs is 3. The molecule has 1 aliphatic rings. The quantitative estimate of drug-likeness (QED) is 0.108. The Morgan fingerprint density at radius 2 is 1.75 bits per heavy atom. The molecule has 57 heavy (non-hydrogen) atoms. The number of carbonyl (C=O) groups excluding carboxylic acids is 4. The van der Waals surface area contributed by atoms with Gasteiger partial charge in [-0.15, -0.1) is 0 Å². The Kier molecular flexibility index (Phi) is 14.0. The Hall–Kier alpha value is -5.28. The van der Waals surface area contributed by atoms with Crippen molar-refractivity contribution in [3.63, 3.8) is 0 Å². The minimum Gasteiger partial charge on any atom is -0.370 e. The van der Waals surface area contributed by atoms with Gasteiger partial charge in [0.05, 0.1) is 11.1 Å². The number of amides is 4. The maximum atomic E-state index is 14.6. The number of nitrogens with two attached hydrogens (primary N) is 2. The molecule has 3 atom stereocenters. The second-order valence-corrected chi connectivity index (χ2v) is 15.6. The average Bonchev–Trinajstić information content (AvgIpc) is 3.61. The maximum Gasteiger partial charge on any atom is 0.245 e. The summed E-state index contributed by atoms with van der Waals surface area (Å²) < 4.78 is 0. The molecule has 0 radical (unpaired) electrons. The van der Waals surface area contributed by atoms with Crippen molar-refractivity contribution < 1.29 is 19.2 Å². The molecule has 6 rings (SSSR count). The van der Waals surface area contributed by atoms with Crippen LogP contribution >= 0.6 is 23.4 Å². The summed E-state index contributed by atoms with van der Waals surface area (Å²) >= 11 is 8.46. The fourth-order valence-electron chi connectivity index (χ4n) is 7.02. The van der Waals surface area contributed by atoms with Crippen LogP contribution in [0.4, 0.5) is 0 Å². The van der Waals surface area contributed by atoms with Gasteiger partial charge < -0.3 is 37.3 Å². The van der Waals surface area contributed by atoms with Gasteiger partial charge in [0.15, 0.2) is 0 Å². The van der Waals surface area contributed by atoms with Crippen LogP contribution in [-0.2, 0) is 38.7 Å². The number of rotatable bonds is 10. The normalized spacial score (nSPS) is 18.4. The summed E-state index contributed by atoms with van der Waals surface area (Å²) in [5.41, 5.74) is 17.2. The number of hydrogen-bond donors (Lipinski definition) is 6. The number of halogens is 1.